The molecule has 5 N–H and O–H groups in total. The van der Waals surface area contributed by atoms with E-state index in [0.29, 0.717) is 40.3 Å². The number of anilines is 2. The van der Waals surface area contributed by atoms with Gasteiger partial charge in [0.1, 0.15) is 5.82 Å². The van der Waals surface area contributed by atoms with Gasteiger partial charge in [-0.2, -0.15) is 0 Å². The molecule has 1 aromatic carbocycles. The van der Waals surface area contributed by atoms with Crippen LogP contribution in [0.1, 0.15) is 70.1 Å². The van der Waals surface area contributed by atoms with E-state index in [1.165, 1.54) is 0 Å². The van der Waals surface area contributed by atoms with E-state index in [2.05, 4.69) is 25.8 Å². The van der Waals surface area contributed by atoms with Crippen molar-refractivity contribution in [3.63, 3.8) is 0 Å². The van der Waals surface area contributed by atoms with Crippen LogP contribution in [0.4, 0.5) is 11.5 Å². The second kappa shape index (κ2) is 10.9. The Morgan fingerprint density at radius 3 is 2.68 bits per heavy atom. The fraction of sp³-hybridized carbons (Fsp3) is 0.500. The molecule has 9 nitrogen and oxygen atoms in total. The third-order valence-corrected chi connectivity index (χ3v) is 8.11. The molecule has 4 unspecified atom stereocenters. The molecule has 2 amide bonds. The SMILES string of the molecule is CC(=O)c1ccc(N2CCCC3CC(NC(=O)c4ccc(C(N)=O)c(NCC5CCNC5)c4)CC32)nc1. The normalized spacial score (nSPS) is 24.9. The van der Waals surface area contributed by atoms with Crippen LogP contribution in [0, 0.1) is 11.8 Å². The number of hydrogen-bond donors (Lipinski definition) is 4. The zero-order valence-corrected chi connectivity index (χ0v) is 21.3. The molecule has 2 aromatic rings. The minimum Gasteiger partial charge on any atom is -0.384 e. The van der Waals surface area contributed by atoms with Gasteiger partial charge in [-0.25, -0.2) is 4.98 Å². The van der Waals surface area contributed by atoms with Crippen LogP contribution in [0.3, 0.4) is 0 Å². The Bertz CT molecular complexity index is 1160. The van der Waals surface area contributed by atoms with Crippen molar-refractivity contribution in [1.29, 1.82) is 0 Å². The summed E-state index contributed by atoms with van der Waals surface area (Å²) in [4.78, 5) is 43.7. The minimum atomic E-state index is -0.510. The maximum atomic E-state index is 13.2. The molecule has 0 radical (unpaired) electrons. The molecule has 0 bridgehead atoms. The van der Waals surface area contributed by atoms with Crippen LogP contribution in [0.25, 0.3) is 0 Å². The van der Waals surface area contributed by atoms with Gasteiger partial charge in [0, 0.05) is 48.2 Å². The summed E-state index contributed by atoms with van der Waals surface area (Å²) in [5.74, 6) is 1.22. The number of amides is 2. The lowest BCUT2D eigenvalue weighted by Crippen LogP contribution is -2.43. The van der Waals surface area contributed by atoms with Crippen LogP contribution >= 0.6 is 0 Å². The van der Waals surface area contributed by atoms with Gasteiger partial charge in [-0.1, -0.05) is 0 Å². The summed E-state index contributed by atoms with van der Waals surface area (Å²) in [6.07, 6.45) is 6.73. The van der Waals surface area contributed by atoms with Crippen molar-refractivity contribution >= 4 is 29.1 Å². The van der Waals surface area contributed by atoms with Gasteiger partial charge in [0.15, 0.2) is 5.78 Å². The summed E-state index contributed by atoms with van der Waals surface area (Å²) in [6.45, 7) is 5.13. The molecule has 0 spiro atoms. The van der Waals surface area contributed by atoms with Crippen molar-refractivity contribution in [2.45, 2.75) is 51.1 Å². The van der Waals surface area contributed by atoms with Gasteiger partial charge in [0.05, 0.1) is 5.56 Å². The highest BCUT2D eigenvalue weighted by Gasteiger charge is 2.41. The summed E-state index contributed by atoms with van der Waals surface area (Å²) in [5, 5.41) is 9.92. The Morgan fingerprint density at radius 2 is 1.97 bits per heavy atom. The molecular formula is C28H36N6O3. The Kier molecular flexibility index (Phi) is 7.41. The number of carbonyl (C=O) groups excluding carboxylic acids is 3. The number of Topliss-reactive ketones (excluding diaryl/α,β-unsaturated/α-hetero) is 1. The molecular weight excluding hydrogens is 468 g/mol. The average molecular weight is 505 g/mol. The second-order valence-corrected chi connectivity index (χ2v) is 10.6. The lowest BCUT2D eigenvalue weighted by Gasteiger charge is -2.38. The largest absolute Gasteiger partial charge is 0.384 e. The molecule has 9 heteroatoms. The highest BCUT2D eigenvalue weighted by atomic mass is 16.2. The maximum Gasteiger partial charge on any atom is 0.251 e. The molecule has 1 aromatic heterocycles. The number of nitrogens with zero attached hydrogens (tertiary/aromatic N) is 2. The molecule has 196 valence electrons. The van der Waals surface area contributed by atoms with Crippen LogP contribution in [-0.4, -0.2) is 60.8 Å². The first kappa shape index (κ1) is 25.2. The van der Waals surface area contributed by atoms with E-state index in [1.807, 2.05) is 12.1 Å². The maximum absolute atomic E-state index is 13.2. The number of nitrogens with one attached hydrogen (secondary N) is 3. The van der Waals surface area contributed by atoms with E-state index in [-0.39, 0.29) is 17.7 Å². The summed E-state index contributed by atoms with van der Waals surface area (Å²) < 4.78 is 0. The summed E-state index contributed by atoms with van der Waals surface area (Å²) in [5.41, 5.74) is 7.73. The number of fused-ring (bicyclic) bond motifs is 1. The average Bonchev–Trinajstić information content (AvgIpc) is 3.56. The summed E-state index contributed by atoms with van der Waals surface area (Å²) >= 11 is 0. The number of rotatable bonds is 8. The van der Waals surface area contributed by atoms with E-state index in [4.69, 9.17) is 5.73 Å². The highest BCUT2D eigenvalue weighted by molar-refractivity contribution is 6.02. The van der Waals surface area contributed by atoms with E-state index in [9.17, 15) is 14.4 Å². The molecule has 4 atom stereocenters. The highest BCUT2D eigenvalue weighted by Crippen LogP contribution is 2.39. The molecule has 3 heterocycles. The molecule has 1 saturated carbocycles. The van der Waals surface area contributed by atoms with Gasteiger partial charge in [0.2, 0.25) is 0 Å². The lowest BCUT2D eigenvalue weighted by molar-refractivity contribution is 0.0934. The van der Waals surface area contributed by atoms with Crippen molar-refractivity contribution in [3.05, 3.63) is 53.2 Å². The quantitative estimate of drug-likeness (QED) is 0.407. The predicted molar refractivity (Wildman–Crippen MR) is 143 cm³/mol. The van der Waals surface area contributed by atoms with Crippen LogP contribution in [0.2, 0.25) is 0 Å². The Hall–Kier alpha value is -3.46. The molecule has 2 saturated heterocycles. The zero-order valence-electron chi connectivity index (χ0n) is 21.3. The fourth-order valence-corrected chi connectivity index (χ4v) is 6.11. The smallest absolute Gasteiger partial charge is 0.251 e. The fourth-order valence-electron chi connectivity index (χ4n) is 6.11. The molecule has 2 aliphatic heterocycles. The van der Waals surface area contributed by atoms with E-state index < -0.39 is 5.91 Å². The Labute approximate surface area is 217 Å². The van der Waals surface area contributed by atoms with Crippen molar-refractivity contribution in [3.8, 4) is 0 Å². The van der Waals surface area contributed by atoms with Gasteiger partial charge in [-0.3, -0.25) is 14.4 Å². The summed E-state index contributed by atoms with van der Waals surface area (Å²) in [6, 6.07) is 9.20. The van der Waals surface area contributed by atoms with Gasteiger partial charge < -0.3 is 26.6 Å². The van der Waals surface area contributed by atoms with Crippen LogP contribution in [0.5, 0.6) is 0 Å². The topological polar surface area (TPSA) is 129 Å². The minimum absolute atomic E-state index is 0.0111. The third-order valence-electron chi connectivity index (χ3n) is 8.11. The Balaban J connectivity index is 1.25. The number of aromatic nitrogens is 1. The van der Waals surface area contributed by atoms with Crippen molar-refractivity contribution in [2.24, 2.45) is 17.6 Å². The van der Waals surface area contributed by atoms with Gasteiger partial charge in [-0.05, 0) is 94.3 Å². The van der Waals surface area contributed by atoms with Gasteiger partial charge in [0.25, 0.3) is 11.8 Å². The predicted octanol–water partition coefficient (Wildman–Crippen LogP) is 2.58. The van der Waals surface area contributed by atoms with E-state index in [1.54, 1.807) is 31.3 Å². The van der Waals surface area contributed by atoms with Gasteiger partial charge >= 0.3 is 0 Å². The van der Waals surface area contributed by atoms with E-state index in [0.717, 1.165) is 64.1 Å². The zero-order chi connectivity index (χ0) is 25.9. The number of ketones is 1. The standard InChI is InChI=1S/C28H36N6O3/c1-17(35)21-5-7-26(32-16-21)34-10-2-3-19-11-22(13-25(19)34)33-28(37)20-4-6-23(27(29)36)24(12-20)31-15-18-8-9-30-14-18/h4-7,12,16,18-19,22,25,30-31H,2-3,8-11,13-15H2,1H3,(H2,29,36)(H,33,37). The van der Waals surface area contributed by atoms with Crippen LogP contribution in [0.15, 0.2) is 36.5 Å². The number of carbonyl (C=O) groups is 3. The number of piperidine rings is 1. The molecule has 5 rings (SSSR count). The first-order valence-corrected chi connectivity index (χ1v) is 13.3. The molecule has 3 fully saturated rings. The molecule has 3 aliphatic rings. The second-order valence-electron chi connectivity index (χ2n) is 10.6. The number of primary amides is 1. The number of hydrogen-bond acceptors (Lipinski definition) is 7. The lowest BCUT2D eigenvalue weighted by atomic mass is 9.92. The number of nitrogens with two attached hydrogens (primary N) is 1. The third kappa shape index (κ3) is 5.61. The van der Waals surface area contributed by atoms with Crippen molar-refractivity contribution in [2.75, 3.05) is 36.4 Å². The monoisotopic (exact) mass is 504 g/mol. The van der Waals surface area contributed by atoms with Crippen LogP contribution < -0.4 is 26.6 Å². The first-order valence-electron chi connectivity index (χ1n) is 13.3. The number of benzene rings is 1. The Morgan fingerprint density at radius 1 is 1.14 bits per heavy atom. The molecule has 37 heavy (non-hydrogen) atoms. The number of pyridine rings is 1. The van der Waals surface area contributed by atoms with Gasteiger partial charge in [-0.15, -0.1) is 0 Å². The summed E-state index contributed by atoms with van der Waals surface area (Å²) in [7, 11) is 0. The first-order chi connectivity index (χ1) is 17.9. The van der Waals surface area contributed by atoms with Crippen molar-refractivity contribution < 1.29 is 14.4 Å². The molecule has 1 aliphatic carbocycles. The van der Waals surface area contributed by atoms with Crippen molar-refractivity contribution in [1.82, 2.24) is 15.6 Å². The van der Waals surface area contributed by atoms with E-state index >= 15 is 0 Å². The van der Waals surface area contributed by atoms with Crippen LogP contribution in [-0.2, 0) is 0 Å².